The summed E-state index contributed by atoms with van der Waals surface area (Å²) in [5, 5.41) is 11.6. The Morgan fingerprint density at radius 1 is 1.44 bits per heavy atom. The zero-order valence-corrected chi connectivity index (χ0v) is 11.0. The van der Waals surface area contributed by atoms with Gasteiger partial charge in [-0.2, -0.15) is 0 Å². The third-order valence-corrected chi connectivity index (χ3v) is 2.55. The summed E-state index contributed by atoms with van der Waals surface area (Å²) in [7, 11) is 0. The van der Waals surface area contributed by atoms with Gasteiger partial charge in [0.15, 0.2) is 6.61 Å². The highest BCUT2D eigenvalue weighted by Crippen LogP contribution is 2.27. The van der Waals surface area contributed by atoms with Gasteiger partial charge in [0.05, 0.1) is 5.02 Å². The molecule has 1 atom stereocenters. The van der Waals surface area contributed by atoms with E-state index in [4.69, 9.17) is 33.0 Å². The zero-order chi connectivity index (χ0) is 13.7. The van der Waals surface area contributed by atoms with Crippen molar-refractivity contribution in [1.29, 1.82) is 0 Å². The topological polar surface area (TPSA) is 75.6 Å². The molecular weight excluding hydrogens is 281 g/mol. The molecule has 0 radical (unpaired) electrons. The summed E-state index contributed by atoms with van der Waals surface area (Å²) in [6.07, 6.45) is 0. The molecule has 0 spiro atoms. The first-order valence-corrected chi connectivity index (χ1v) is 5.75. The van der Waals surface area contributed by atoms with Crippen LogP contribution in [-0.2, 0) is 9.59 Å². The van der Waals surface area contributed by atoms with Crippen LogP contribution in [0.4, 0.5) is 0 Å². The number of rotatable bonds is 5. The van der Waals surface area contributed by atoms with Crippen molar-refractivity contribution in [3.63, 3.8) is 0 Å². The molecule has 0 heterocycles. The van der Waals surface area contributed by atoms with E-state index in [0.29, 0.717) is 10.0 Å². The van der Waals surface area contributed by atoms with Crippen molar-refractivity contribution in [2.24, 2.45) is 0 Å². The fourth-order valence-corrected chi connectivity index (χ4v) is 1.41. The molecule has 0 aromatic heterocycles. The molecule has 7 heteroatoms. The van der Waals surface area contributed by atoms with Gasteiger partial charge < -0.3 is 15.2 Å². The van der Waals surface area contributed by atoms with Crippen molar-refractivity contribution in [2.75, 3.05) is 6.61 Å². The molecular formula is C11H11Cl2NO4. The summed E-state index contributed by atoms with van der Waals surface area (Å²) in [6.45, 7) is 1.02. The average molecular weight is 292 g/mol. The standard InChI is InChI=1S/C11H11Cl2NO4/c1-6(11(16)17)14-10(15)5-18-9-4-7(12)2-3-8(9)13/h2-4,6H,5H2,1H3,(H,14,15)(H,16,17). The van der Waals surface area contributed by atoms with Gasteiger partial charge in [-0.15, -0.1) is 0 Å². The van der Waals surface area contributed by atoms with E-state index in [0.717, 1.165) is 0 Å². The monoisotopic (exact) mass is 291 g/mol. The van der Waals surface area contributed by atoms with Crippen molar-refractivity contribution in [3.8, 4) is 5.75 Å². The Morgan fingerprint density at radius 3 is 2.72 bits per heavy atom. The van der Waals surface area contributed by atoms with E-state index in [1.165, 1.54) is 19.1 Å². The van der Waals surface area contributed by atoms with Gasteiger partial charge in [-0.1, -0.05) is 23.2 Å². The molecule has 1 rings (SSSR count). The molecule has 5 nitrogen and oxygen atoms in total. The number of nitrogens with one attached hydrogen (secondary N) is 1. The Balaban J connectivity index is 2.52. The third kappa shape index (κ3) is 4.43. The third-order valence-electron chi connectivity index (χ3n) is 2.00. The molecule has 2 N–H and O–H groups in total. The van der Waals surface area contributed by atoms with Crippen LogP contribution in [-0.4, -0.2) is 29.6 Å². The van der Waals surface area contributed by atoms with E-state index in [1.54, 1.807) is 6.07 Å². The lowest BCUT2D eigenvalue weighted by molar-refractivity contribution is -0.141. The molecule has 1 amide bonds. The van der Waals surface area contributed by atoms with Crippen LogP contribution in [0.1, 0.15) is 6.92 Å². The Bertz CT molecular complexity index is 464. The molecule has 1 aromatic carbocycles. The van der Waals surface area contributed by atoms with Gasteiger partial charge in [-0.25, -0.2) is 0 Å². The number of amides is 1. The zero-order valence-electron chi connectivity index (χ0n) is 9.44. The minimum absolute atomic E-state index is 0.266. The number of benzene rings is 1. The summed E-state index contributed by atoms with van der Waals surface area (Å²) >= 11 is 11.6. The molecule has 0 saturated carbocycles. The molecule has 0 aliphatic rings. The summed E-state index contributed by atoms with van der Waals surface area (Å²) < 4.78 is 5.14. The SMILES string of the molecule is CC(NC(=O)COc1cc(Cl)ccc1Cl)C(=O)O. The minimum atomic E-state index is -1.12. The van der Waals surface area contributed by atoms with E-state index in [1.807, 2.05) is 0 Å². The Morgan fingerprint density at radius 2 is 2.11 bits per heavy atom. The predicted molar refractivity (Wildman–Crippen MR) is 67.2 cm³/mol. The van der Waals surface area contributed by atoms with Crippen molar-refractivity contribution < 1.29 is 19.4 Å². The molecule has 0 aliphatic carbocycles. The number of carboxylic acid groups (broad SMARTS) is 1. The molecule has 18 heavy (non-hydrogen) atoms. The van der Waals surface area contributed by atoms with Gasteiger partial charge in [0.1, 0.15) is 11.8 Å². The number of hydrogen-bond acceptors (Lipinski definition) is 3. The number of ether oxygens (including phenoxy) is 1. The number of carboxylic acids is 1. The van der Waals surface area contributed by atoms with Gasteiger partial charge in [-0.3, -0.25) is 9.59 Å². The van der Waals surface area contributed by atoms with E-state index in [2.05, 4.69) is 5.32 Å². The fraction of sp³-hybridized carbons (Fsp3) is 0.273. The predicted octanol–water partition coefficient (Wildman–Crippen LogP) is 1.96. The lowest BCUT2D eigenvalue weighted by Gasteiger charge is -2.11. The molecule has 1 aromatic rings. The van der Waals surface area contributed by atoms with Crippen LogP contribution in [0.15, 0.2) is 18.2 Å². The number of halogens is 2. The number of hydrogen-bond donors (Lipinski definition) is 2. The maximum atomic E-state index is 11.4. The normalized spacial score (nSPS) is 11.7. The van der Waals surface area contributed by atoms with Crippen molar-refractivity contribution in [1.82, 2.24) is 5.32 Å². The molecule has 0 fully saturated rings. The fourth-order valence-electron chi connectivity index (χ4n) is 1.08. The number of carbonyl (C=O) groups is 2. The van der Waals surface area contributed by atoms with Crippen molar-refractivity contribution in [2.45, 2.75) is 13.0 Å². The first-order valence-electron chi connectivity index (χ1n) is 5.00. The van der Waals surface area contributed by atoms with E-state index in [-0.39, 0.29) is 12.4 Å². The van der Waals surface area contributed by atoms with Crippen LogP contribution in [0.3, 0.4) is 0 Å². The number of aliphatic carboxylic acids is 1. The number of carbonyl (C=O) groups excluding carboxylic acids is 1. The largest absolute Gasteiger partial charge is 0.482 e. The van der Waals surface area contributed by atoms with Crippen LogP contribution >= 0.6 is 23.2 Å². The maximum absolute atomic E-state index is 11.4. The second-order valence-corrected chi connectivity index (χ2v) is 4.33. The Kier molecular flexibility index (Phi) is 5.25. The lowest BCUT2D eigenvalue weighted by Crippen LogP contribution is -2.40. The second kappa shape index (κ2) is 6.47. The van der Waals surface area contributed by atoms with Crippen LogP contribution < -0.4 is 10.1 Å². The smallest absolute Gasteiger partial charge is 0.325 e. The first-order chi connectivity index (χ1) is 8.40. The minimum Gasteiger partial charge on any atom is -0.482 e. The van der Waals surface area contributed by atoms with Crippen LogP contribution in [0.25, 0.3) is 0 Å². The highest BCUT2D eigenvalue weighted by molar-refractivity contribution is 6.34. The van der Waals surface area contributed by atoms with Gasteiger partial charge in [-0.05, 0) is 19.1 Å². The van der Waals surface area contributed by atoms with E-state index >= 15 is 0 Å². The highest BCUT2D eigenvalue weighted by atomic mass is 35.5. The quantitative estimate of drug-likeness (QED) is 0.870. The molecule has 98 valence electrons. The average Bonchev–Trinajstić information content (AvgIpc) is 2.30. The van der Waals surface area contributed by atoms with E-state index < -0.39 is 17.9 Å². The van der Waals surface area contributed by atoms with Crippen LogP contribution in [0, 0.1) is 0 Å². The van der Waals surface area contributed by atoms with Gasteiger partial charge >= 0.3 is 5.97 Å². The summed E-state index contributed by atoms with van der Waals surface area (Å²) in [5.74, 6) is -1.41. The van der Waals surface area contributed by atoms with Crippen molar-refractivity contribution >= 4 is 35.1 Å². The van der Waals surface area contributed by atoms with E-state index in [9.17, 15) is 9.59 Å². The Labute approximate surface area is 114 Å². The first kappa shape index (κ1) is 14.6. The molecule has 0 saturated heterocycles. The summed E-state index contributed by atoms with van der Waals surface area (Å²) in [4.78, 5) is 21.9. The van der Waals surface area contributed by atoms with Crippen LogP contribution in [0.2, 0.25) is 10.0 Å². The van der Waals surface area contributed by atoms with Gasteiger partial charge in [0, 0.05) is 11.1 Å². The molecule has 0 aliphatic heterocycles. The second-order valence-electron chi connectivity index (χ2n) is 3.49. The van der Waals surface area contributed by atoms with Crippen molar-refractivity contribution in [3.05, 3.63) is 28.2 Å². The van der Waals surface area contributed by atoms with Gasteiger partial charge in [0.25, 0.3) is 5.91 Å². The summed E-state index contributed by atoms with van der Waals surface area (Å²) in [5.41, 5.74) is 0. The van der Waals surface area contributed by atoms with Crippen LogP contribution in [0.5, 0.6) is 5.75 Å². The van der Waals surface area contributed by atoms with Gasteiger partial charge in [0.2, 0.25) is 0 Å². The maximum Gasteiger partial charge on any atom is 0.325 e. The molecule has 1 unspecified atom stereocenters. The molecule has 0 bridgehead atoms. The Hall–Kier alpha value is -1.46. The lowest BCUT2D eigenvalue weighted by atomic mass is 10.3. The highest BCUT2D eigenvalue weighted by Gasteiger charge is 2.14. The summed E-state index contributed by atoms with van der Waals surface area (Å²) in [6, 6.07) is 3.62.